The molecular weight excluding hydrogens is 362 g/mol. The first-order valence-corrected chi connectivity index (χ1v) is 8.43. The Hall–Kier alpha value is -3.21. The quantitative estimate of drug-likeness (QED) is 0.578. The van der Waals surface area contributed by atoms with Gasteiger partial charge in [0.05, 0.1) is 19.2 Å². The predicted octanol–water partition coefficient (Wildman–Crippen LogP) is 1.53. The highest BCUT2D eigenvalue weighted by atomic mass is 32.1. The van der Waals surface area contributed by atoms with E-state index in [1.165, 1.54) is 6.21 Å². The van der Waals surface area contributed by atoms with Gasteiger partial charge < -0.3 is 14.2 Å². The van der Waals surface area contributed by atoms with Gasteiger partial charge in [0.1, 0.15) is 5.01 Å². The molecule has 0 atom stereocenters. The predicted molar refractivity (Wildman–Crippen MR) is 92.6 cm³/mol. The van der Waals surface area contributed by atoms with Crippen LogP contribution in [0, 0.1) is 0 Å². The number of ether oxygens (including phenoxy) is 3. The van der Waals surface area contributed by atoms with Gasteiger partial charge in [-0.15, -0.1) is 10.2 Å². The lowest BCUT2D eigenvalue weighted by molar-refractivity contribution is -0.120. The fourth-order valence-electron chi connectivity index (χ4n) is 1.98. The van der Waals surface area contributed by atoms with E-state index in [4.69, 9.17) is 14.2 Å². The van der Waals surface area contributed by atoms with E-state index in [2.05, 4.69) is 26.0 Å². The van der Waals surface area contributed by atoms with Crippen molar-refractivity contribution in [1.82, 2.24) is 15.6 Å². The molecule has 0 fully saturated rings. The van der Waals surface area contributed by atoms with E-state index in [0.29, 0.717) is 16.5 Å². The van der Waals surface area contributed by atoms with Crippen LogP contribution in [0.2, 0.25) is 0 Å². The molecule has 1 aliphatic heterocycles. The number of hydrogen-bond acceptors (Lipinski definition) is 9. The number of nitrogens with one attached hydrogen (secondary N) is 2. The number of hydrogen-bond donors (Lipinski definition) is 2. The van der Waals surface area contributed by atoms with Crippen molar-refractivity contribution in [2.24, 2.45) is 5.10 Å². The molecule has 0 unspecified atom stereocenters. The van der Waals surface area contributed by atoms with E-state index in [0.717, 1.165) is 16.9 Å². The summed E-state index contributed by atoms with van der Waals surface area (Å²) >= 11 is 1.08. The number of aromatic nitrogens is 2. The molecule has 0 spiro atoms. The lowest BCUT2D eigenvalue weighted by Gasteiger charge is -1.99. The van der Waals surface area contributed by atoms with E-state index in [-0.39, 0.29) is 30.9 Å². The van der Waals surface area contributed by atoms with E-state index in [1.54, 1.807) is 25.1 Å². The molecule has 0 saturated heterocycles. The van der Waals surface area contributed by atoms with Crippen molar-refractivity contribution in [1.29, 1.82) is 0 Å². The summed E-state index contributed by atoms with van der Waals surface area (Å²) in [6.45, 7) is 2.14. The Bertz CT molecular complexity index is 838. The molecule has 11 heteroatoms. The van der Waals surface area contributed by atoms with Crippen LogP contribution in [0.15, 0.2) is 23.3 Å². The van der Waals surface area contributed by atoms with Crippen molar-refractivity contribution in [2.75, 3.05) is 18.7 Å². The summed E-state index contributed by atoms with van der Waals surface area (Å²) < 4.78 is 15.2. The van der Waals surface area contributed by atoms with Crippen LogP contribution in [0.3, 0.4) is 0 Å². The molecular formula is C15H15N5O5S. The zero-order chi connectivity index (χ0) is 18.4. The first kappa shape index (κ1) is 17.6. The number of anilines is 1. The molecule has 2 heterocycles. The molecule has 1 aromatic carbocycles. The van der Waals surface area contributed by atoms with Crippen molar-refractivity contribution >= 4 is 34.7 Å². The summed E-state index contributed by atoms with van der Waals surface area (Å²) in [5.74, 6) is 0.950. The number of hydrazone groups is 1. The Morgan fingerprint density at radius 2 is 2.19 bits per heavy atom. The molecule has 0 saturated carbocycles. The summed E-state index contributed by atoms with van der Waals surface area (Å²) in [5.41, 5.74) is 3.16. The molecule has 26 heavy (non-hydrogen) atoms. The molecule has 1 aliphatic rings. The first-order chi connectivity index (χ1) is 12.6. The van der Waals surface area contributed by atoms with Crippen LogP contribution in [-0.2, 0) is 16.0 Å². The van der Waals surface area contributed by atoms with Crippen LogP contribution in [0.1, 0.15) is 17.5 Å². The maximum Gasteiger partial charge on any atom is 0.413 e. The lowest BCUT2D eigenvalue weighted by atomic mass is 10.2. The summed E-state index contributed by atoms with van der Waals surface area (Å²) in [6.07, 6.45) is 0.863. The van der Waals surface area contributed by atoms with E-state index in [9.17, 15) is 9.59 Å². The molecule has 0 bridgehead atoms. The maximum atomic E-state index is 11.9. The third-order valence-corrected chi connectivity index (χ3v) is 3.90. The third kappa shape index (κ3) is 4.66. The smallest absolute Gasteiger partial charge is 0.413 e. The number of benzene rings is 1. The monoisotopic (exact) mass is 377 g/mol. The van der Waals surface area contributed by atoms with E-state index < -0.39 is 6.09 Å². The molecule has 2 amide bonds. The highest BCUT2D eigenvalue weighted by Crippen LogP contribution is 2.31. The van der Waals surface area contributed by atoms with Gasteiger partial charge in [0, 0.05) is 0 Å². The SMILES string of the molecule is CCOC(=O)Nc1nnc(CC(=O)N/N=C\c2ccc3c(c2)OCO3)s1. The Morgan fingerprint density at radius 3 is 3.04 bits per heavy atom. The minimum Gasteiger partial charge on any atom is -0.454 e. The Balaban J connectivity index is 1.48. The minimum absolute atomic E-state index is 0.0132. The highest BCUT2D eigenvalue weighted by molar-refractivity contribution is 7.15. The number of amides is 2. The molecule has 2 aromatic rings. The fourth-order valence-corrected chi connectivity index (χ4v) is 2.70. The van der Waals surface area contributed by atoms with Gasteiger partial charge in [-0.05, 0) is 30.7 Å². The molecule has 3 rings (SSSR count). The van der Waals surface area contributed by atoms with Gasteiger partial charge in [0.15, 0.2) is 11.5 Å². The average molecular weight is 377 g/mol. The zero-order valence-electron chi connectivity index (χ0n) is 13.7. The summed E-state index contributed by atoms with van der Waals surface area (Å²) in [4.78, 5) is 23.2. The van der Waals surface area contributed by atoms with Crippen LogP contribution < -0.4 is 20.2 Å². The van der Waals surface area contributed by atoms with Crippen LogP contribution >= 0.6 is 11.3 Å². The standard InChI is InChI=1S/C15H15N5O5S/c1-2-23-15(22)17-14-20-19-13(26-14)6-12(21)18-16-7-9-3-4-10-11(5-9)25-8-24-10/h3-5,7H,2,6,8H2,1H3,(H,18,21)(H,17,20,22)/b16-7-. The molecule has 2 N–H and O–H groups in total. The van der Waals surface area contributed by atoms with Gasteiger partial charge in [0.2, 0.25) is 17.8 Å². The van der Waals surface area contributed by atoms with Crippen LogP contribution in [0.5, 0.6) is 11.5 Å². The molecule has 0 radical (unpaired) electrons. The average Bonchev–Trinajstić information content (AvgIpc) is 3.24. The summed E-state index contributed by atoms with van der Waals surface area (Å²) in [7, 11) is 0. The first-order valence-electron chi connectivity index (χ1n) is 7.61. The lowest BCUT2D eigenvalue weighted by Crippen LogP contribution is -2.19. The molecule has 1 aromatic heterocycles. The fraction of sp³-hybridized carbons (Fsp3) is 0.267. The maximum absolute atomic E-state index is 11.9. The van der Waals surface area contributed by atoms with Crippen molar-refractivity contribution in [3.63, 3.8) is 0 Å². The van der Waals surface area contributed by atoms with E-state index in [1.807, 2.05) is 0 Å². The van der Waals surface area contributed by atoms with Gasteiger partial charge in [-0.25, -0.2) is 10.2 Å². The Labute approximate surface area is 152 Å². The van der Waals surface area contributed by atoms with E-state index >= 15 is 0 Å². The molecule has 136 valence electrons. The zero-order valence-corrected chi connectivity index (χ0v) is 14.5. The largest absolute Gasteiger partial charge is 0.454 e. The van der Waals surface area contributed by atoms with Crippen molar-refractivity contribution < 1.29 is 23.8 Å². The number of nitrogens with zero attached hydrogens (tertiary/aromatic N) is 3. The topological polar surface area (TPSA) is 124 Å². The number of carbonyl (C=O) groups excluding carboxylic acids is 2. The van der Waals surface area contributed by atoms with Gasteiger partial charge in [-0.1, -0.05) is 11.3 Å². The summed E-state index contributed by atoms with van der Waals surface area (Å²) in [6, 6.07) is 5.32. The van der Waals surface area contributed by atoms with Gasteiger partial charge in [-0.3, -0.25) is 10.1 Å². The molecule has 10 nitrogen and oxygen atoms in total. The van der Waals surface area contributed by atoms with Crippen molar-refractivity contribution in [3.8, 4) is 11.5 Å². The second-order valence-corrected chi connectivity index (χ2v) is 5.99. The van der Waals surface area contributed by atoms with Gasteiger partial charge >= 0.3 is 6.09 Å². The summed E-state index contributed by atoms with van der Waals surface area (Å²) in [5, 5.41) is 14.6. The van der Waals surface area contributed by atoms with Gasteiger partial charge in [-0.2, -0.15) is 5.10 Å². The minimum atomic E-state index is -0.618. The second-order valence-electron chi connectivity index (χ2n) is 4.93. The highest BCUT2D eigenvalue weighted by Gasteiger charge is 2.13. The number of fused-ring (bicyclic) bond motifs is 1. The number of carbonyl (C=O) groups is 2. The van der Waals surface area contributed by atoms with Crippen LogP contribution in [0.25, 0.3) is 0 Å². The van der Waals surface area contributed by atoms with Gasteiger partial charge in [0.25, 0.3) is 0 Å². The second kappa shape index (κ2) is 8.25. The van der Waals surface area contributed by atoms with Crippen LogP contribution in [0.4, 0.5) is 9.93 Å². The van der Waals surface area contributed by atoms with Crippen LogP contribution in [-0.4, -0.2) is 41.8 Å². The molecule has 0 aliphatic carbocycles. The Kier molecular flexibility index (Phi) is 5.59. The number of rotatable bonds is 6. The van der Waals surface area contributed by atoms with Crippen molar-refractivity contribution in [2.45, 2.75) is 13.3 Å². The normalized spacial score (nSPS) is 12.2. The Morgan fingerprint density at radius 1 is 1.35 bits per heavy atom. The third-order valence-electron chi connectivity index (χ3n) is 3.06. The van der Waals surface area contributed by atoms with Crippen molar-refractivity contribution in [3.05, 3.63) is 28.8 Å².